The zero-order chi connectivity index (χ0) is 20.7. The molecule has 30 heavy (non-hydrogen) atoms. The number of benzene rings is 1. The highest BCUT2D eigenvalue weighted by molar-refractivity contribution is 7.16. The Morgan fingerprint density at radius 2 is 1.93 bits per heavy atom. The molecular weight excluding hydrogens is 398 g/mol. The third kappa shape index (κ3) is 3.23. The Morgan fingerprint density at radius 3 is 2.73 bits per heavy atom. The normalized spacial score (nSPS) is 14.5. The lowest BCUT2D eigenvalue weighted by Gasteiger charge is -2.35. The molecule has 0 N–H and O–H groups in total. The molecular formula is C22H21N5O2S. The van der Waals surface area contributed by atoms with Crippen molar-refractivity contribution < 1.29 is 9.53 Å². The molecule has 5 rings (SSSR count). The van der Waals surface area contributed by atoms with Gasteiger partial charge < -0.3 is 14.5 Å². The number of anilines is 1. The zero-order valence-corrected chi connectivity index (χ0v) is 17.6. The van der Waals surface area contributed by atoms with Gasteiger partial charge in [-0.3, -0.25) is 9.78 Å². The summed E-state index contributed by atoms with van der Waals surface area (Å²) in [6, 6.07) is 9.72. The number of rotatable bonds is 3. The summed E-state index contributed by atoms with van der Waals surface area (Å²) in [6.45, 7) is 4.66. The number of ether oxygens (including phenoxy) is 1. The molecule has 1 amide bonds. The molecule has 0 unspecified atom stereocenters. The van der Waals surface area contributed by atoms with Crippen LogP contribution in [-0.4, -0.2) is 59.0 Å². The Kier molecular flexibility index (Phi) is 4.71. The third-order valence-corrected chi connectivity index (χ3v) is 6.37. The number of hydrogen-bond donors (Lipinski definition) is 0. The molecule has 0 atom stereocenters. The van der Waals surface area contributed by atoms with Crippen molar-refractivity contribution >= 4 is 44.2 Å². The van der Waals surface area contributed by atoms with Crippen LogP contribution in [0.25, 0.3) is 21.1 Å². The van der Waals surface area contributed by atoms with Crippen LogP contribution in [0.3, 0.4) is 0 Å². The van der Waals surface area contributed by atoms with Crippen molar-refractivity contribution in [3.8, 4) is 5.75 Å². The smallest absolute Gasteiger partial charge is 0.255 e. The molecule has 1 fully saturated rings. The van der Waals surface area contributed by atoms with E-state index in [1.54, 1.807) is 24.8 Å². The molecule has 0 spiro atoms. The van der Waals surface area contributed by atoms with E-state index in [1.807, 2.05) is 41.5 Å². The van der Waals surface area contributed by atoms with Gasteiger partial charge in [-0.05, 0) is 36.6 Å². The fourth-order valence-corrected chi connectivity index (χ4v) is 4.63. The quantitative estimate of drug-likeness (QED) is 0.506. The number of aromatic nitrogens is 3. The van der Waals surface area contributed by atoms with E-state index in [-0.39, 0.29) is 5.91 Å². The second kappa shape index (κ2) is 7.53. The summed E-state index contributed by atoms with van der Waals surface area (Å²) in [4.78, 5) is 31.8. The van der Waals surface area contributed by atoms with Gasteiger partial charge in [-0.15, -0.1) is 11.3 Å². The number of aryl methyl sites for hydroxylation is 1. The maximum absolute atomic E-state index is 13.2. The van der Waals surface area contributed by atoms with Gasteiger partial charge in [0.2, 0.25) is 0 Å². The fraction of sp³-hybridized carbons (Fsp3) is 0.273. The lowest BCUT2D eigenvalue weighted by molar-refractivity contribution is 0.0745. The molecule has 1 aromatic carbocycles. The van der Waals surface area contributed by atoms with Crippen LogP contribution in [0.2, 0.25) is 0 Å². The molecule has 0 radical (unpaired) electrons. The lowest BCUT2D eigenvalue weighted by Crippen LogP contribution is -2.49. The molecule has 1 aliphatic rings. The fourth-order valence-electron chi connectivity index (χ4n) is 3.91. The topological polar surface area (TPSA) is 71.5 Å². The van der Waals surface area contributed by atoms with E-state index in [0.29, 0.717) is 18.7 Å². The van der Waals surface area contributed by atoms with E-state index in [9.17, 15) is 4.79 Å². The van der Waals surface area contributed by atoms with Gasteiger partial charge in [0.15, 0.2) is 0 Å². The lowest BCUT2D eigenvalue weighted by atomic mass is 10.1. The maximum Gasteiger partial charge on any atom is 0.255 e. The SMILES string of the molecule is COc1ccc2cc(C(=O)N3CCN(c4ncnc5sccc45)CC3)c(C)nc2c1. The Morgan fingerprint density at radius 1 is 1.10 bits per heavy atom. The number of thiophene rings is 1. The van der Waals surface area contributed by atoms with Crippen molar-refractivity contribution in [3.63, 3.8) is 0 Å². The minimum absolute atomic E-state index is 0.0285. The summed E-state index contributed by atoms with van der Waals surface area (Å²) >= 11 is 1.62. The Bertz CT molecular complexity index is 1250. The van der Waals surface area contributed by atoms with Gasteiger partial charge in [0.05, 0.1) is 29.3 Å². The average molecular weight is 420 g/mol. The molecule has 8 heteroatoms. The van der Waals surface area contributed by atoms with Crippen LogP contribution in [0.5, 0.6) is 5.75 Å². The molecule has 4 aromatic rings. The summed E-state index contributed by atoms with van der Waals surface area (Å²) < 4.78 is 5.27. The highest BCUT2D eigenvalue weighted by atomic mass is 32.1. The Hall–Kier alpha value is -3.26. The van der Waals surface area contributed by atoms with Gasteiger partial charge >= 0.3 is 0 Å². The average Bonchev–Trinajstić information content (AvgIpc) is 3.27. The number of hydrogen-bond acceptors (Lipinski definition) is 7. The standard InChI is InChI=1S/C22H21N5O2S/c1-14-18(11-15-3-4-16(29-2)12-19(15)25-14)22(28)27-8-6-26(7-9-27)20-17-5-10-30-21(17)24-13-23-20/h3-5,10-13H,6-9H2,1-2H3. The van der Waals surface area contributed by atoms with E-state index in [4.69, 9.17) is 4.74 Å². The molecule has 4 heterocycles. The minimum Gasteiger partial charge on any atom is -0.497 e. The zero-order valence-electron chi connectivity index (χ0n) is 16.8. The van der Waals surface area contributed by atoms with Gasteiger partial charge in [-0.2, -0.15) is 0 Å². The number of methoxy groups -OCH3 is 1. The van der Waals surface area contributed by atoms with Gasteiger partial charge in [0, 0.05) is 37.6 Å². The number of carbonyl (C=O) groups is 1. The van der Waals surface area contributed by atoms with Gasteiger partial charge in [-0.25, -0.2) is 9.97 Å². The first-order valence-electron chi connectivity index (χ1n) is 9.82. The molecule has 0 aliphatic carbocycles. The monoisotopic (exact) mass is 419 g/mol. The van der Waals surface area contributed by atoms with Gasteiger partial charge in [-0.1, -0.05) is 0 Å². The summed E-state index contributed by atoms with van der Waals surface area (Å²) in [7, 11) is 1.64. The predicted octanol–water partition coefficient (Wildman–Crippen LogP) is 3.52. The van der Waals surface area contributed by atoms with E-state index >= 15 is 0 Å². The van der Waals surface area contributed by atoms with Crippen LogP contribution in [0.1, 0.15) is 16.1 Å². The predicted molar refractivity (Wildman–Crippen MR) is 119 cm³/mol. The van der Waals surface area contributed by atoms with Crippen molar-refractivity contribution in [1.29, 1.82) is 0 Å². The Balaban J connectivity index is 1.35. The molecule has 0 saturated carbocycles. The number of piperazine rings is 1. The number of carbonyl (C=O) groups excluding carboxylic acids is 1. The van der Waals surface area contributed by atoms with Crippen LogP contribution < -0.4 is 9.64 Å². The third-order valence-electron chi connectivity index (χ3n) is 5.55. The summed E-state index contributed by atoms with van der Waals surface area (Å²) in [6.07, 6.45) is 1.62. The molecule has 0 bridgehead atoms. The number of amides is 1. The summed E-state index contributed by atoms with van der Waals surface area (Å²) in [5.41, 5.74) is 2.22. The second-order valence-corrected chi connectivity index (χ2v) is 8.19. The van der Waals surface area contributed by atoms with E-state index < -0.39 is 0 Å². The van der Waals surface area contributed by atoms with Crippen molar-refractivity contribution in [2.75, 3.05) is 38.2 Å². The molecule has 7 nitrogen and oxygen atoms in total. The van der Waals surface area contributed by atoms with E-state index in [2.05, 4.69) is 25.9 Å². The van der Waals surface area contributed by atoms with E-state index in [1.165, 1.54) is 0 Å². The summed E-state index contributed by atoms with van der Waals surface area (Å²) in [5, 5.41) is 4.05. The van der Waals surface area contributed by atoms with Crippen LogP contribution in [-0.2, 0) is 0 Å². The Labute approximate surface area is 177 Å². The molecule has 1 saturated heterocycles. The first kappa shape index (κ1) is 18.7. The van der Waals surface area contributed by atoms with Crippen molar-refractivity contribution in [2.24, 2.45) is 0 Å². The summed E-state index contributed by atoms with van der Waals surface area (Å²) in [5.74, 6) is 1.74. The maximum atomic E-state index is 13.2. The molecule has 3 aromatic heterocycles. The van der Waals surface area contributed by atoms with Crippen molar-refractivity contribution in [2.45, 2.75) is 6.92 Å². The number of nitrogens with zero attached hydrogens (tertiary/aromatic N) is 5. The second-order valence-electron chi connectivity index (χ2n) is 7.30. The van der Waals surface area contributed by atoms with Crippen molar-refractivity contribution in [1.82, 2.24) is 19.9 Å². The number of pyridine rings is 1. The van der Waals surface area contributed by atoms with E-state index in [0.717, 1.165) is 51.5 Å². The first-order chi connectivity index (χ1) is 14.6. The first-order valence-corrected chi connectivity index (χ1v) is 10.7. The highest BCUT2D eigenvalue weighted by Gasteiger charge is 2.25. The van der Waals surface area contributed by atoms with Gasteiger partial charge in [0.1, 0.15) is 22.7 Å². The van der Waals surface area contributed by atoms with Crippen LogP contribution in [0.15, 0.2) is 42.0 Å². The minimum atomic E-state index is 0.0285. The number of fused-ring (bicyclic) bond motifs is 2. The largest absolute Gasteiger partial charge is 0.497 e. The van der Waals surface area contributed by atoms with Crippen LogP contribution in [0.4, 0.5) is 5.82 Å². The highest BCUT2D eigenvalue weighted by Crippen LogP contribution is 2.28. The van der Waals surface area contributed by atoms with Crippen LogP contribution >= 0.6 is 11.3 Å². The molecule has 1 aliphatic heterocycles. The molecule has 152 valence electrons. The van der Waals surface area contributed by atoms with Crippen LogP contribution in [0, 0.1) is 6.92 Å². The van der Waals surface area contributed by atoms with Gasteiger partial charge in [0.25, 0.3) is 5.91 Å². The van der Waals surface area contributed by atoms with Crippen molar-refractivity contribution in [3.05, 3.63) is 53.3 Å².